The molecule has 150 valence electrons. The third-order valence-electron chi connectivity index (χ3n) is 4.42. The first-order chi connectivity index (χ1) is 13.9. The van der Waals surface area contributed by atoms with Crippen molar-refractivity contribution in [2.75, 3.05) is 25.0 Å². The van der Waals surface area contributed by atoms with Gasteiger partial charge >= 0.3 is 5.97 Å². The van der Waals surface area contributed by atoms with Crippen LogP contribution < -0.4 is 5.32 Å². The predicted molar refractivity (Wildman–Crippen MR) is 105 cm³/mol. The molecular formula is C20H19N3O5S. The molecule has 8 nitrogen and oxygen atoms in total. The van der Waals surface area contributed by atoms with Crippen molar-refractivity contribution in [2.45, 2.75) is 17.7 Å². The maximum atomic E-state index is 12.5. The van der Waals surface area contributed by atoms with Crippen LogP contribution in [0.5, 0.6) is 0 Å². The highest BCUT2D eigenvalue weighted by atomic mass is 32.2. The van der Waals surface area contributed by atoms with Gasteiger partial charge in [-0.1, -0.05) is 0 Å². The first-order valence-corrected chi connectivity index (χ1v) is 10.4. The Kier molecular flexibility index (Phi) is 6.26. The minimum absolute atomic E-state index is 0.171. The van der Waals surface area contributed by atoms with Crippen LogP contribution in [0.1, 0.15) is 28.8 Å². The fourth-order valence-corrected chi connectivity index (χ4v) is 4.40. The molecule has 29 heavy (non-hydrogen) atoms. The molecule has 1 aliphatic rings. The van der Waals surface area contributed by atoms with Crippen LogP contribution in [-0.2, 0) is 19.6 Å². The molecule has 2 aromatic rings. The lowest BCUT2D eigenvalue weighted by molar-refractivity contribution is -0.119. The zero-order valence-electron chi connectivity index (χ0n) is 15.5. The molecule has 0 bridgehead atoms. The van der Waals surface area contributed by atoms with Gasteiger partial charge in [0.1, 0.15) is 0 Å². The topological polar surface area (TPSA) is 117 Å². The summed E-state index contributed by atoms with van der Waals surface area (Å²) < 4.78 is 31.4. The molecule has 1 fully saturated rings. The lowest BCUT2D eigenvalue weighted by atomic mass is 10.1. The molecule has 1 saturated heterocycles. The summed E-state index contributed by atoms with van der Waals surface area (Å²) in [5.41, 5.74) is 1.03. The molecule has 1 N–H and O–H groups in total. The van der Waals surface area contributed by atoms with Crippen molar-refractivity contribution in [1.82, 2.24) is 4.31 Å². The van der Waals surface area contributed by atoms with Crippen LogP contribution in [-0.4, -0.2) is 44.3 Å². The summed E-state index contributed by atoms with van der Waals surface area (Å²) in [6, 6.07) is 13.6. The number of rotatable bonds is 6. The number of anilines is 1. The predicted octanol–water partition coefficient (Wildman–Crippen LogP) is 2.14. The monoisotopic (exact) mass is 413 g/mol. The minimum Gasteiger partial charge on any atom is -0.452 e. The number of hydrogen-bond donors (Lipinski definition) is 1. The van der Waals surface area contributed by atoms with E-state index < -0.39 is 28.5 Å². The van der Waals surface area contributed by atoms with Gasteiger partial charge in [0.2, 0.25) is 10.0 Å². The largest absolute Gasteiger partial charge is 0.452 e. The summed E-state index contributed by atoms with van der Waals surface area (Å²) in [6.07, 6.45) is 1.71. The normalized spacial score (nSPS) is 14.2. The van der Waals surface area contributed by atoms with Crippen LogP contribution in [0.3, 0.4) is 0 Å². The van der Waals surface area contributed by atoms with E-state index >= 15 is 0 Å². The Morgan fingerprint density at radius 3 is 2.24 bits per heavy atom. The van der Waals surface area contributed by atoms with Gasteiger partial charge in [0.05, 0.1) is 22.1 Å². The van der Waals surface area contributed by atoms with Crippen molar-refractivity contribution in [1.29, 1.82) is 5.26 Å². The molecule has 3 rings (SSSR count). The lowest BCUT2D eigenvalue weighted by Crippen LogP contribution is -2.27. The number of amides is 1. The molecule has 0 atom stereocenters. The van der Waals surface area contributed by atoms with Gasteiger partial charge in [0.25, 0.3) is 5.91 Å². The van der Waals surface area contributed by atoms with E-state index in [9.17, 15) is 18.0 Å². The molecule has 9 heteroatoms. The van der Waals surface area contributed by atoms with E-state index in [0.717, 1.165) is 12.8 Å². The Hall–Kier alpha value is -3.22. The lowest BCUT2D eigenvalue weighted by Gasteiger charge is -2.15. The maximum Gasteiger partial charge on any atom is 0.338 e. The minimum atomic E-state index is -3.51. The Labute approximate surface area is 168 Å². The van der Waals surface area contributed by atoms with Crippen molar-refractivity contribution in [3.63, 3.8) is 0 Å². The average molecular weight is 413 g/mol. The molecule has 0 aliphatic carbocycles. The standard InChI is InChI=1S/C20H19N3O5S/c21-13-15-3-5-16(6-4-15)20(25)28-14-19(24)22-17-7-9-18(10-8-17)29(26,27)23-11-1-2-12-23/h3-10H,1-2,11-12,14H2,(H,22,24). The van der Waals surface area contributed by atoms with Crippen molar-refractivity contribution in [3.8, 4) is 6.07 Å². The number of sulfonamides is 1. The third kappa shape index (κ3) is 4.99. The van der Waals surface area contributed by atoms with Crippen LogP contribution in [0.25, 0.3) is 0 Å². The summed E-state index contributed by atoms with van der Waals surface area (Å²) in [6.45, 7) is 0.545. The highest BCUT2D eigenvalue weighted by Crippen LogP contribution is 2.22. The van der Waals surface area contributed by atoms with Gasteiger partial charge in [0.15, 0.2) is 6.61 Å². The van der Waals surface area contributed by atoms with E-state index in [0.29, 0.717) is 24.3 Å². The molecular weight excluding hydrogens is 394 g/mol. The van der Waals surface area contributed by atoms with Crippen molar-refractivity contribution in [3.05, 3.63) is 59.7 Å². The van der Waals surface area contributed by atoms with Gasteiger partial charge in [-0.2, -0.15) is 9.57 Å². The van der Waals surface area contributed by atoms with Crippen LogP contribution in [0.4, 0.5) is 5.69 Å². The fourth-order valence-electron chi connectivity index (χ4n) is 2.88. The van der Waals surface area contributed by atoms with Gasteiger partial charge in [-0.3, -0.25) is 4.79 Å². The second-order valence-corrected chi connectivity index (χ2v) is 8.39. The molecule has 1 aliphatic heterocycles. The van der Waals surface area contributed by atoms with Gasteiger partial charge in [-0.15, -0.1) is 0 Å². The summed E-state index contributed by atoms with van der Waals surface area (Å²) >= 11 is 0. The molecule has 0 saturated carbocycles. The van der Waals surface area contributed by atoms with E-state index in [4.69, 9.17) is 10.00 Å². The van der Waals surface area contributed by atoms with E-state index in [2.05, 4.69) is 5.32 Å². The number of carbonyl (C=O) groups is 2. The fraction of sp³-hybridized carbons (Fsp3) is 0.250. The number of nitriles is 1. The van der Waals surface area contributed by atoms with Crippen molar-refractivity contribution >= 4 is 27.6 Å². The Morgan fingerprint density at radius 2 is 1.66 bits per heavy atom. The zero-order chi connectivity index (χ0) is 20.9. The van der Waals surface area contributed by atoms with Crippen LogP contribution in [0, 0.1) is 11.3 Å². The number of nitrogens with one attached hydrogen (secondary N) is 1. The Bertz CT molecular complexity index is 1040. The molecule has 0 aromatic heterocycles. The smallest absolute Gasteiger partial charge is 0.338 e. The number of hydrogen-bond acceptors (Lipinski definition) is 6. The van der Waals surface area contributed by atoms with E-state index in [1.807, 2.05) is 6.07 Å². The summed E-state index contributed by atoms with van der Waals surface area (Å²) in [5, 5.41) is 11.3. The van der Waals surface area contributed by atoms with E-state index in [1.54, 1.807) is 0 Å². The second kappa shape index (κ2) is 8.86. The first kappa shape index (κ1) is 20.5. The van der Waals surface area contributed by atoms with Gasteiger partial charge in [-0.25, -0.2) is 13.2 Å². The molecule has 0 radical (unpaired) electrons. The SMILES string of the molecule is N#Cc1ccc(C(=O)OCC(=O)Nc2ccc(S(=O)(=O)N3CCCC3)cc2)cc1. The first-order valence-electron chi connectivity index (χ1n) is 8.97. The average Bonchev–Trinajstić information content (AvgIpc) is 3.28. The van der Waals surface area contributed by atoms with E-state index in [-0.39, 0.29) is 10.5 Å². The maximum absolute atomic E-state index is 12.5. The molecule has 0 spiro atoms. The summed E-state index contributed by atoms with van der Waals surface area (Å²) in [5.74, 6) is -1.24. The van der Waals surface area contributed by atoms with Crippen LogP contribution in [0.2, 0.25) is 0 Å². The molecule has 1 amide bonds. The zero-order valence-corrected chi connectivity index (χ0v) is 16.3. The molecule has 1 heterocycles. The summed E-state index contributed by atoms with van der Waals surface area (Å²) in [7, 11) is -3.51. The van der Waals surface area contributed by atoms with Crippen molar-refractivity contribution in [2.24, 2.45) is 0 Å². The number of carbonyl (C=O) groups excluding carboxylic acids is 2. The van der Waals surface area contributed by atoms with Gasteiger partial charge in [0, 0.05) is 18.8 Å². The third-order valence-corrected chi connectivity index (χ3v) is 6.34. The van der Waals surface area contributed by atoms with Crippen LogP contribution in [0.15, 0.2) is 53.4 Å². The van der Waals surface area contributed by atoms with E-state index in [1.165, 1.54) is 52.8 Å². The quantitative estimate of drug-likeness (QED) is 0.725. The second-order valence-electron chi connectivity index (χ2n) is 6.45. The Balaban J connectivity index is 1.54. The number of esters is 1. The van der Waals surface area contributed by atoms with Gasteiger partial charge < -0.3 is 10.1 Å². The summed E-state index contributed by atoms with van der Waals surface area (Å²) in [4.78, 5) is 24.1. The number of nitrogens with zero attached hydrogens (tertiary/aromatic N) is 2. The van der Waals surface area contributed by atoms with Crippen LogP contribution >= 0.6 is 0 Å². The Morgan fingerprint density at radius 1 is 1.03 bits per heavy atom. The molecule has 2 aromatic carbocycles. The molecule has 0 unspecified atom stereocenters. The highest BCUT2D eigenvalue weighted by molar-refractivity contribution is 7.89. The number of benzene rings is 2. The highest BCUT2D eigenvalue weighted by Gasteiger charge is 2.26. The number of ether oxygens (including phenoxy) is 1. The van der Waals surface area contributed by atoms with Gasteiger partial charge in [-0.05, 0) is 61.4 Å². The van der Waals surface area contributed by atoms with Crippen molar-refractivity contribution < 1.29 is 22.7 Å².